The van der Waals surface area contributed by atoms with Gasteiger partial charge >= 0.3 is 0 Å². The van der Waals surface area contributed by atoms with Crippen LogP contribution in [0.15, 0.2) is 73.2 Å². The molecule has 0 radical (unpaired) electrons. The summed E-state index contributed by atoms with van der Waals surface area (Å²) in [5, 5.41) is 14.3. The third-order valence-corrected chi connectivity index (χ3v) is 6.11. The molecule has 0 aliphatic rings. The fraction of sp³-hybridized carbons (Fsp3) is 0.179. The standard InChI is InChI=1S/C28H27N7O/c1-17-22(6-5-7-23(17)33-26(36)18-8-11-20(12-9-18)28(2,3)4)25-29-16-30-27(34-25)32-21-13-10-19-15-31-35-24(19)14-21/h5-16H,1-4H3,(H,31,35)(H,33,36)(H,29,30,32,34). The molecule has 0 aliphatic carbocycles. The molecule has 2 aromatic heterocycles. The quantitative estimate of drug-likeness (QED) is 0.286. The van der Waals surface area contributed by atoms with E-state index in [0.717, 1.165) is 27.7 Å². The normalized spacial score (nSPS) is 11.4. The number of aromatic nitrogens is 5. The minimum absolute atomic E-state index is 0.0318. The highest BCUT2D eigenvalue weighted by Crippen LogP contribution is 2.28. The molecular weight excluding hydrogens is 450 g/mol. The van der Waals surface area contributed by atoms with E-state index in [0.29, 0.717) is 23.0 Å². The first-order valence-electron chi connectivity index (χ1n) is 11.7. The smallest absolute Gasteiger partial charge is 0.255 e. The second-order valence-corrected chi connectivity index (χ2v) is 9.69. The maximum absolute atomic E-state index is 12.9. The predicted molar refractivity (Wildman–Crippen MR) is 142 cm³/mol. The van der Waals surface area contributed by atoms with Gasteiger partial charge in [0.1, 0.15) is 6.33 Å². The number of anilines is 3. The van der Waals surface area contributed by atoms with Crippen molar-refractivity contribution in [3.8, 4) is 11.4 Å². The third kappa shape index (κ3) is 4.79. The Bertz CT molecular complexity index is 1550. The van der Waals surface area contributed by atoms with Crippen LogP contribution in [-0.2, 0) is 5.41 Å². The van der Waals surface area contributed by atoms with E-state index in [2.05, 4.69) is 56.6 Å². The van der Waals surface area contributed by atoms with Crippen LogP contribution in [0.2, 0.25) is 0 Å². The first-order valence-corrected chi connectivity index (χ1v) is 11.7. The molecule has 0 spiro atoms. The number of aromatic amines is 1. The SMILES string of the molecule is Cc1c(NC(=O)c2ccc(C(C)(C)C)cc2)cccc1-c1ncnc(Nc2ccc3cn[nH]c3c2)n1. The molecule has 0 unspecified atom stereocenters. The van der Waals surface area contributed by atoms with Crippen LogP contribution in [0.3, 0.4) is 0 Å². The maximum Gasteiger partial charge on any atom is 0.255 e. The average molecular weight is 478 g/mol. The second kappa shape index (κ2) is 9.22. The summed E-state index contributed by atoms with van der Waals surface area (Å²) in [6.45, 7) is 8.39. The fourth-order valence-electron chi connectivity index (χ4n) is 3.96. The molecule has 0 saturated carbocycles. The summed E-state index contributed by atoms with van der Waals surface area (Å²) in [4.78, 5) is 26.2. The summed E-state index contributed by atoms with van der Waals surface area (Å²) >= 11 is 0. The van der Waals surface area contributed by atoms with Gasteiger partial charge in [0.2, 0.25) is 5.95 Å². The molecule has 0 saturated heterocycles. The van der Waals surface area contributed by atoms with Gasteiger partial charge in [0, 0.05) is 27.9 Å². The van der Waals surface area contributed by atoms with Crippen LogP contribution in [0.1, 0.15) is 42.3 Å². The number of hydrogen-bond acceptors (Lipinski definition) is 6. The first kappa shape index (κ1) is 23.2. The molecule has 3 N–H and O–H groups in total. The Hall–Kier alpha value is -4.59. The molecule has 8 heteroatoms. The van der Waals surface area contributed by atoms with Crippen molar-refractivity contribution in [1.29, 1.82) is 0 Å². The number of carbonyl (C=O) groups is 1. The Kier molecular flexibility index (Phi) is 5.93. The number of nitrogens with zero attached hydrogens (tertiary/aromatic N) is 4. The van der Waals surface area contributed by atoms with Crippen LogP contribution >= 0.6 is 0 Å². The lowest BCUT2D eigenvalue weighted by Crippen LogP contribution is -2.15. The van der Waals surface area contributed by atoms with Crippen molar-refractivity contribution >= 4 is 34.1 Å². The number of nitrogens with one attached hydrogen (secondary N) is 3. The summed E-state index contributed by atoms with van der Waals surface area (Å²) in [7, 11) is 0. The Morgan fingerprint density at radius 1 is 0.972 bits per heavy atom. The molecular formula is C28H27N7O. The van der Waals surface area contributed by atoms with E-state index in [-0.39, 0.29) is 11.3 Å². The second-order valence-electron chi connectivity index (χ2n) is 9.69. The lowest BCUT2D eigenvalue weighted by atomic mass is 9.86. The van der Waals surface area contributed by atoms with E-state index < -0.39 is 0 Å². The highest BCUT2D eigenvalue weighted by atomic mass is 16.1. The largest absolute Gasteiger partial charge is 0.324 e. The van der Waals surface area contributed by atoms with Gasteiger partial charge in [0.25, 0.3) is 5.91 Å². The molecule has 0 fully saturated rings. The van der Waals surface area contributed by atoms with E-state index in [9.17, 15) is 4.79 Å². The lowest BCUT2D eigenvalue weighted by molar-refractivity contribution is 0.102. The van der Waals surface area contributed by atoms with Crippen LogP contribution in [0.25, 0.3) is 22.3 Å². The van der Waals surface area contributed by atoms with Crippen LogP contribution in [0.4, 0.5) is 17.3 Å². The van der Waals surface area contributed by atoms with Gasteiger partial charge in [-0.05, 0) is 59.9 Å². The molecule has 3 aromatic carbocycles. The van der Waals surface area contributed by atoms with Crippen molar-refractivity contribution < 1.29 is 4.79 Å². The number of rotatable bonds is 5. The number of hydrogen-bond donors (Lipinski definition) is 3. The highest BCUT2D eigenvalue weighted by molar-refractivity contribution is 6.05. The van der Waals surface area contributed by atoms with Crippen molar-refractivity contribution in [2.75, 3.05) is 10.6 Å². The van der Waals surface area contributed by atoms with E-state index in [1.54, 1.807) is 6.20 Å². The van der Waals surface area contributed by atoms with Crippen LogP contribution in [-0.4, -0.2) is 31.1 Å². The first-order chi connectivity index (χ1) is 17.3. The zero-order chi connectivity index (χ0) is 25.3. The van der Waals surface area contributed by atoms with Gasteiger partial charge in [0.05, 0.1) is 11.7 Å². The lowest BCUT2D eigenvalue weighted by Gasteiger charge is -2.19. The predicted octanol–water partition coefficient (Wildman–Crippen LogP) is 6.02. The summed E-state index contributed by atoms with van der Waals surface area (Å²) in [5.74, 6) is 0.771. The summed E-state index contributed by atoms with van der Waals surface area (Å²) in [5.41, 5.74) is 5.95. The summed E-state index contributed by atoms with van der Waals surface area (Å²) < 4.78 is 0. The van der Waals surface area contributed by atoms with Gasteiger partial charge in [-0.3, -0.25) is 9.89 Å². The van der Waals surface area contributed by atoms with Gasteiger partial charge < -0.3 is 10.6 Å². The zero-order valence-corrected chi connectivity index (χ0v) is 20.6. The number of fused-ring (bicyclic) bond motifs is 1. The summed E-state index contributed by atoms with van der Waals surface area (Å²) in [6.07, 6.45) is 3.25. The molecule has 36 heavy (non-hydrogen) atoms. The van der Waals surface area contributed by atoms with Crippen molar-refractivity contribution in [3.63, 3.8) is 0 Å². The van der Waals surface area contributed by atoms with E-state index in [1.165, 1.54) is 11.9 Å². The van der Waals surface area contributed by atoms with Crippen molar-refractivity contribution in [3.05, 3.63) is 89.9 Å². The van der Waals surface area contributed by atoms with Gasteiger partial charge in [-0.1, -0.05) is 45.0 Å². The maximum atomic E-state index is 12.9. The Morgan fingerprint density at radius 3 is 2.56 bits per heavy atom. The van der Waals surface area contributed by atoms with E-state index >= 15 is 0 Å². The fourth-order valence-corrected chi connectivity index (χ4v) is 3.96. The molecule has 0 bridgehead atoms. The minimum atomic E-state index is -0.164. The minimum Gasteiger partial charge on any atom is -0.324 e. The monoisotopic (exact) mass is 477 g/mol. The number of H-pyrrole nitrogens is 1. The van der Waals surface area contributed by atoms with E-state index in [4.69, 9.17) is 0 Å². The number of benzene rings is 3. The van der Waals surface area contributed by atoms with Crippen LogP contribution < -0.4 is 10.6 Å². The van der Waals surface area contributed by atoms with Gasteiger partial charge in [-0.15, -0.1) is 0 Å². The summed E-state index contributed by atoms with van der Waals surface area (Å²) in [6, 6.07) is 19.3. The van der Waals surface area contributed by atoms with E-state index in [1.807, 2.05) is 67.6 Å². The molecule has 5 aromatic rings. The van der Waals surface area contributed by atoms with Gasteiger partial charge in [-0.2, -0.15) is 10.1 Å². The zero-order valence-electron chi connectivity index (χ0n) is 20.6. The average Bonchev–Trinajstić information content (AvgIpc) is 3.33. The molecule has 5 rings (SSSR count). The van der Waals surface area contributed by atoms with Crippen molar-refractivity contribution in [2.24, 2.45) is 0 Å². The Balaban J connectivity index is 1.36. The topological polar surface area (TPSA) is 108 Å². The number of carbonyl (C=O) groups excluding carboxylic acids is 1. The van der Waals surface area contributed by atoms with Crippen molar-refractivity contribution in [1.82, 2.24) is 25.1 Å². The van der Waals surface area contributed by atoms with Gasteiger partial charge in [0.15, 0.2) is 5.82 Å². The highest BCUT2D eigenvalue weighted by Gasteiger charge is 2.16. The number of amides is 1. The molecule has 8 nitrogen and oxygen atoms in total. The van der Waals surface area contributed by atoms with Crippen LogP contribution in [0, 0.1) is 6.92 Å². The molecule has 1 amide bonds. The van der Waals surface area contributed by atoms with Crippen molar-refractivity contribution in [2.45, 2.75) is 33.1 Å². The Labute approximate surface area is 209 Å². The van der Waals surface area contributed by atoms with Crippen LogP contribution in [0.5, 0.6) is 0 Å². The van der Waals surface area contributed by atoms with Gasteiger partial charge in [-0.25, -0.2) is 9.97 Å². The molecule has 2 heterocycles. The third-order valence-electron chi connectivity index (χ3n) is 6.11. The molecule has 180 valence electrons. The molecule has 0 atom stereocenters. The Morgan fingerprint density at radius 2 is 1.78 bits per heavy atom. The molecule has 0 aliphatic heterocycles.